The lowest BCUT2D eigenvalue weighted by Gasteiger charge is -2.13. The molecule has 0 spiro atoms. The molecule has 2 aromatic rings. The summed E-state index contributed by atoms with van der Waals surface area (Å²) in [6.07, 6.45) is -3.70. The van der Waals surface area contributed by atoms with Gasteiger partial charge in [-0.2, -0.15) is 13.2 Å². The summed E-state index contributed by atoms with van der Waals surface area (Å²) in [7, 11) is 0. The Kier molecular flexibility index (Phi) is 4.30. The molecule has 1 heterocycles. The standard InChI is InChI=1S/C13H7Cl2F4NO/c14-9-3-7(6-16)4-10(15)12(9)20-2-1-8(5-11(20)21)13(17,18)19/h1-5H,6H2. The van der Waals surface area contributed by atoms with Crippen molar-refractivity contribution in [1.29, 1.82) is 0 Å². The lowest BCUT2D eigenvalue weighted by Crippen LogP contribution is -2.20. The summed E-state index contributed by atoms with van der Waals surface area (Å²) in [4.78, 5) is 11.8. The molecule has 0 saturated carbocycles. The van der Waals surface area contributed by atoms with E-state index in [0.717, 1.165) is 16.8 Å². The molecule has 1 aromatic carbocycles. The van der Waals surface area contributed by atoms with Crippen LogP contribution in [0.1, 0.15) is 11.1 Å². The van der Waals surface area contributed by atoms with Crippen LogP contribution in [0, 0.1) is 0 Å². The largest absolute Gasteiger partial charge is 0.416 e. The van der Waals surface area contributed by atoms with Gasteiger partial charge in [-0.1, -0.05) is 23.2 Å². The van der Waals surface area contributed by atoms with Gasteiger partial charge in [-0.3, -0.25) is 9.36 Å². The fraction of sp³-hybridized carbons (Fsp3) is 0.154. The van der Waals surface area contributed by atoms with Crippen LogP contribution in [0.5, 0.6) is 0 Å². The Morgan fingerprint density at radius 1 is 1.10 bits per heavy atom. The molecule has 0 radical (unpaired) electrons. The van der Waals surface area contributed by atoms with Crippen molar-refractivity contribution in [2.24, 2.45) is 0 Å². The van der Waals surface area contributed by atoms with Crippen LogP contribution in [-0.4, -0.2) is 4.57 Å². The second-order valence-corrected chi connectivity index (χ2v) is 4.98. The number of rotatable bonds is 2. The molecule has 1 aromatic heterocycles. The van der Waals surface area contributed by atoms with Gasteiger partial charge in [0, 0.05) is 12.3 Å². The minimum Gasteiger partial charge on any atom is -0.281 e. The Labute approximate surface area is 126 Å². The van der Waals surface area contributed by atoms with E-state index in [1.165, 1.54) is 12.1 Å². The van der Waals surface area contributed by atoms with Crippen LogP contribution in [-0.2, 0) is 12.9 Å². The monoisotopic (exact) mass is 339 g/mol. The molecule has 0 aliphatic heterocycles. The van der Waals surface area contributed by atoms with E-state index in [4.69, 9.17) is 23.2 Å². The Hall–Kier alpha value is -1.53. The van der Waals surface area contributed by atoms with Crippen molar-refractivity contribution in [1.82, 2.24) is 4.57 Å². The quantitative estimate of drug-likeness (QED) is 0.731. The van der Waals surface area contributed by atoms with Gasteiger partial charge in [-0.05, 0) is 23.8 Å². The number of pyridine rings is 1. The lowest BCUT2D eigenvalue weighted by atomic mass is 10.2. The van der Waals surface area contributed by atoms with Gasteiger partial charge in [0.25, 0.3) is 5.56 Å². The highest BCUT2D eigenvalue weighted by atomic mass is 35.5. The number of hydrogen-bond acceptors (Lipinski definition) is 1. The van der Waals surface area contributed by atoms with Crippen molar-refractivity contribution in [3.63, 3.8) is 0 Å². The summed E-state index contributed by atoms with van der Waals surface area (Å²) in [5, 5.41) is -0.0611. The SMILES string of the molecule is O=c1cc(C(F)(F)F)ccn1-c1c(Cl)cc(CF)cc1Cl. The van der Waals surface area contributed by atoms with Gasteiger partial charge in [0.1, 0.15) is 6.67 Å². The fourth-order valence-corrected chi connectivity index (χ4v) is 2.48. The predicted molar refractivity (Wildman–Crippen MR) is 71.9 cm³/mol. The second kappa shape index (κ2) is 5.69. The lowest BCUT2D eigenvalue weighted by molar-refractivity contribution is -0.137. The van der Waals surface area contributed by atoms with Crippen LogP contribution in [0.2, 0.25) is 10.0 Å². The number of aromatic nitrogens is 1. The van der Waals surface area contributed by atoms with Crippen LogP contribution in [0.3, 0.4) is 0 Å². The van der Waals surface area contributed by atoms with Gasteiger partial charge in [0.2, 0.25) is 0 Å². The summed E-state index contributed by atoms with van der Waals surface area (Å²) >= 11 is 11.8. The molecule has 0 bridgehead atoms. The average Bonchev–Trinajstić information content (AvgIpc) is 2.38. The summed E-state index contributed by atoms with van der Waals surface area (Å²) in [5.41, 5.74) is -1.80. The third kappa shape index (κ3) is 3.22. The van der Waals surface area contributed by atoms with Crippen molar-refractivity contribution >= 4 is 23.2 Å². The smallest absolute Gasteiger partial charge is 0.281 e. The third-order valence-electron chi connectivity index (χ3n) is 2.72. The van der Waals surface area contributed by atoms with E-state index < -0.39 is 24.0 Å². The normalized spacial score (nSPS) is 11.7. The van der Waals surface area contributed by atoms with Crippen LogP contribution >= 0.6 is 23.2 Å². The minimum atomic E-state index is -4.62. The van der Waals surface area contributed by atoms with Crippen LogP contribution in [0.15, 0.2) is 35.3 Å². The molecular formula is C13H7Cl2F4NO. The first-order chi connectivity index (χ1) is 9.74. The first-order valence-corrected chi connectivity index (χ1v) is 6.34. The van der Waals surface area contributed by atoms with Gasteiger partial charge in [-0.25, -0.2) is 4.39 Å². The molecule has 0 N–H and O–H groups in total. The highest BCUT2D eigenvalue weighted by molar-refractivity contribution is 6.37. The molecule has 0 aliphatic carbocycles. The molecular weight excluding hydrogens is 333 g/mol. The summed E-state index contributed by atoms with van der Waals surface area (Å²) in [6, 6.07) is 3.69. The molecule has 0 atom stereocenters. The van der Waals surface area contributed by atoms with Gasteiger partial charge < -0.3 is 0 Å². The third-order valence-corrected chi connectivity index (χ3v) is 3.30. The van der Waals surface area contributed by atoms with E-state index in [-0.39, 0.29) is 21.3 Å². The maximum Gasteiger partial charge on any atom is 0.416 e. The highest BCUT2D eigenvalue weighted by Crippen LogP contribution is 2.31. The van der Waals surface area contributed by atoms with Gasteiger partial charge in [0.15, 0.2) is 0 Å². The Morgan fingerprint density at radius 3 is 2.10 bits per heavy atom. The summed E-state index contributed by atoms with van der Waals surface area (Å²) in [5.74, 6) is 0. The van der Waals surface area contributed by atoms with E-state index >= 15 is 0 Å². The topological polar surface area (TPSA) is 22.0 Å². The molecule has 0 saturated heterocycles. The van der Waals surface area contributed by atoms with Crippen molar-refractivity contribution < 1.29 is 17.6 Å². The molecule has 112 valence electrons. The molecule has 0 unspecified atom stereocenters. The Balaban J connectivity index is 2.61. The van der Waals surface area contributed by atoms with Crippen LogP contribution in [0.4, 0.5) is 17.6 Å². The molecule has 21 heavy (non-hydrogen) atoms. The van der Waals surface area contributed by atoms with E-state index in [1.54, 1.807) is 0 Å². The van der Waals surface area contributed by atoms with Crippen LogP contribution in [0.25, 0.3) is 5.69 Å². The van der Waals surface area contributed by atoms with E-state index in [2.05, 4.69) is 0 Å². The molecule has 0 aliphatic rings. The molecule has 0 fully saturated rings. The maximum absolute atomic E-state index is 12.6. The van der Waals surface area contributed by atoms with Crippen LogP contribution < -0.4 is 5.56 Å². The minimum absolute atomic E-state index is 0.00857. The van der Waals surface area contributed by atoms with Gasteiger partial charge in [-0.15, -0.1) is 0 Å². The van der Waals surface area contributed by atoms with Crippen molar-refractivity contribution in [3.8, 4) is 5.69 Å². The number of halogens is 6. The van der Waals surface area contributed by atoms with Crippen molar-refractivity contribution in [2.75, 3.05) is 0 Å². The first-order valence-electron chi connectivity index (χ1n) is 5.58. The average molecular weight is 340 g/mol. The summed E-state index contributed by atoms with van der Waals surface area (Å²) < 4.78 is 51.0. The zero-order chi connectivity index (χ0) is 15.8. The molecule has 2 rings (SSSR count). The number of alkyl halides is 4. The Bertz CT molecular complexity index is 717. The van der Waals surface area contributed by atoms with Gasteiger partial charge in [0.05, 0.1) is 21.3 Å². The first kappa shape index (κ1) is 15.9. The predicted octanol–water partition coefficient (Wildman–Crippen LogP) is 4.63. The van der Waals surface area contributed by atoms with E-state index in [9.17, 15) is 22.4 Å². The zero-order valence-corrected chi connectivity index (χ0v) is 11.7. The second-order valence-electron chi connectivity index (χ2n) is 4.16. The van der Waals surface area contributed by atoms with E-state index in [0.29, 0.717) is 6.07 Å². The highest BCUT2D eigenvalue weighted by Gasteiger charge is 2.31. The summed E-state index contributed by atoms with van der Waals surface area (Å²) in [6.45, 7) is -0.804. The molecule has 0 amide bonds. The van der Waals surface area contributed by atoms with Gasteiger partial charge >= 0.3 is 6.18 Å². The Morgan fingerprint density at radius 2 is 1.67 bits per heavy atom. The number of nitrogens with zero attached hydrogens (tertiary/aromatic N) is 1. The molecule has 8 heteroatoms. The van der Waals surface area contributed by atoms with Crippen molar-refractivity contribution in [2.45, 2.75) is 12.9 Å². The fourth-order valence-electron chi connectivity index (χ4n) is 1.77. The number of hydrogen-bond donors (Lipinski definition) is 0. The maximum atomic E-state index is 12.6. The van der Waals surface area contributed by atoms with Crippen molar-refractivity contribution in [3.05, 3.63) is 62.0 Å². The molecule has 2 nitrogen and oxygen atoms in total. The van der Waals surface area contributed by atoms with E-state index in [1.807, 2.05) is 0 Å². The number of benzene rings is 1. The zero-order valence-electron chi connectivity index (χ0n) is 10.2.